The first-order valence-corrected chi connectivity index (χ1v) is 5.16. The summed E-state index contributed by atoms with van der Waals surface area (Å²) in [6.45, 7) is 0. The van der Waals surface area contributed by atoms with Gasteiger partial charge in [0.15, 0.2) is 0 Å². The predicted molar refractivity (Wildman–Crippen MR) is 59.4 cm³/mol. The van der Waals surface area contributed by atoms with Crippen molar-refractivity contribution in [3.05, 3.63) is 0 Å². The van der Waals surface area contributed by atoms with Gasteiger partial charge in [-0.3, -0.25) is 4.79 Å². The van der Waals surface area contributed by atoms with Crippen LogP contribution in [0.3, 0.4) is 0 Å². The molecule has 4 N–H and O–H groups in total. The second-order valence-corrected chi connectivity index (χ2v) is 3.17. The van der Waals surface area contributed by atoms with E-state index in [1.807, 2.05) is 0 Å². The average Bonchev–Trinajstić information content (AvgIpc) is 2.36. The lowest BCUT2D eigenvalue weighted by Crippen LogP contribution is -2.21. The Morgan fingerprint density at radius 1 is 0.593 bits per heavy atom. The van der Waals surface area contributed by atoms with Crippen molar-refractivity contribution in [3.63, 3.8) is 0 Å². The highest BCUT2D eigenvalue weighted by atomic mass is 19.4. The second-order valence-electron chi connectivity index (χ2n) is 3.17. The molecule has 160 valence electrons. The lowest BCUT2D eigenvalue weighted by Gasteiger charge is -1.93. The molecule has 0 aliphatic rings. The zero-order valence-electron chi connectivity index (χ0n) is 12.0. The Labute approximate surface area is 140 Å². The number of aldehydes is 1. The minimum Gasteiger partial charge on any atom is -0.481 e. The van der Waals surface area contributed by atoms with Crippen LogP contribution in [0.5, 0.6) is 0 Å². The molecule has 0 atom stereocenters. The number of carbonyl (C=O) groups is 5. The van der Waals surface area contributed by atoms with Crippen LogP contribution in [0.1, 0.15) is 6.42 Å². The number of alkyl halides is 9. The van der Waals surface area contributed by atoms with Gasteiger partial charge in [-0.15, -0.1) is 0 Å². The minimum absolute atomic E-state index is 0.350. The number of rotatable bonds is 2. The van der Waals surface area contributed by atoms with Gasteiger partial charge in [0.2, 0.25) is 0 Å². The Morgan fingerprint density at radius 2 is 0.741 bits per heavy atom. The van der Waals surface area contributed by atoms with E-state index in [4.69, 9.17) is 34.8 Å². The van der Waals surface area contributed by atoms with E-state index in [0.29, 0.717) is 6.29 Å². The molecule has 0 saturated heterocycles. The van der Waals surface area contributed by atoms with E-state index in [1.165, 1.54) is 0 Å². The molecule has 0 heterocycles. The molecule has 18 heteroatoms. The summed E-state index contributed by atoms with van der Waals surface area (Å²) in [7, 11) is 0. The number of aliphatic carboxylic acids is 4. The Hall–Kier alpha value is -3.08. The highest BCUT2D eigenvalue weighted by Crippen LogP contribution is 2.14. The number of carbonyl (C=O) groups excluding carboxylic acids is 1. The smallest absolute Gasteiger partial charge is 0.481 e. The van der Waals surface area contributed by atoms with Crippen molar-refractivity contribution in [1.29, 1.82) is 0 Å². The van der Waals surface area contributed by atoms with Gasteiger partial charge in [0.05, 0.1) is 0 Å². The molecule has 0 aromatic heterocycles. The Kier molecular flexibility index (Phi) is 15.4. The third-order valence-electron chi connectivity index (χ3n) is 0.985. The standard InChI is InChI=1S/C3H4O3.3C2HF3O2/c4-2-1-3(5)6;3*3-2(4,5)1(6)7/h2H,1H2,(H,5,6);3*(H,6,7). The van der Waals surface area contributed by atoms with Gasteiger partial charge in [-0.1, -0.05) is 0 Å². The van der Waals surface area contributed by atoms with Crippen molar-refractivity contribution in [2.24, 2.45) is 0 Å². The summed E-state index contributed by atoms with van der Waals surface area (Å²) in [5.41, 5.74) is 0. The van der Waals surface area contributed by atoms with Crippen LogP contribution in [-0.2, 0) is 24.0 Å². The SMILES string of the molecule is O=C(O)C(F)(F)F.O=C(O)C(F)(F)F.O=C(O)C(F)(F)F.O=CCC(=O)O. The molecule has 0 aromatic carbocycles. The number of hydrogen-bond acceptors (Lipinski definition) is 5. The highest BCUT2D eigenvalue weighted by Gasteiger charge is 2.39. The molecular weight excluding hydrogens is 423 g/mol. The molecule has 0 bridgehead atoms. The molecule has 0 fully saturated rings. The number of halogens is 9. The van der Waals surface area contributed by atoms with Crippen LogP contribution in [0.15, 0.2) is 0 Å². The topological polar surface area (TPSA) is 166 Å². The van der Waals surface area contributed by atoms with Crippen LogP contribution in [-0.4, -0.2) is 69.1 Å². The Bertz CT molecular complexity index is 447. The van der Waals surface area contributed by atoms with Gasteiger partial charge in [-0.2, -0.15) is 39.5 Å². The highest BCUT2D eigenvalue weighted by molar-refractivity contribution is 5.82. The van der Waals surface area contributed by atoms with E-state index in [1.54, 1.807) is 0 Å². The van der Waals surface area contributed by atoms with Gasteiger partial charge in [-0.25, -0.2) is 14.4 Å². The summed E-state index contributed by atoms with van der Waals surface area (Å²) in [6.07, 6.45) is -15.3. The van der Waals surface area contributed by atoms with E-state index in [2.05, 4.69) is 0 Å². The van der Waals surface area contributed by atoms with Gasteiger partial charge >= 0.3 is 42.4 Å². The molecule has 0 aliphatic carbocycles. The van der Waals surface area contributed by atoms with Crippen molar-refractivity contribution in [1.82, 2.24) is 0 Å². The largest absolute Gasteiger partial charge is 0.490 e. The van der Waals surface area contributed by atoms with Crippen molar-refractivity contribution >= 4 is 30.2 Å². The molecule has 0 aromatic rings. The zero-order valence-corrected chi connectivity index (χ0v) is 12.0. The molecule has 0 unspecified atom stereocenters. The van der Waals surface area contributed by atoms with E-state index in [-0.39, 0.29) is 6.42 Å². The molecular formula is C9H7F9O9. The van der Waals surface area contributed by atoms with Crippen molar-refractivity contribution < 1.29 is 83.9 Å². The van der Waals surface area contributed by atoms with Crippen LogP contribution in [0.4, 0.5) is 39.5 Å². The summed E-state index contributed by atoms with van der Waals surface area (Å²) in [5, 5.41) is 29.1. The molecule has 0 saturated carbocycles. The summed E-state index contributed by atoms with van der Waals surface area (Å²) < 4.78 is 95.2. The number of carboxylic acids is 4. The fourth-order valence-corrected chi connectivity index (χ4v) is 0.0713. The first kappa shape index (κ1) is 31.7. The molecule has 0 amide bonds. The van der Waals surface area contributed by atoms with Crippen LogP contribution in [0, 0.1) is 0 Å². The fourth-order valence-electron chi connectivity index (χ4n) is 0.0713. The van der Waals surface area contributed by atoms with Gasteiger partial charge in [0, 0.05) is 0 Å². The van der Waals surface area contributed by atoms with Crippen molar-refractivity contribution in [3.8, 4) is 0 Å². The lowest BCUT2D eigenvalue weighted by atomic mass is 10.5. The molecule has 0 radical (unpaired) electrons. The van der Waals surface area contributed by atoms with E-state index < -0.39 is 42.4 Å². The van der Waals surface area contributed by atoms with Gasteiger partial charge in [-0.05, 0) is 0 Å². The molecule has 9 nitrogen and oxygen atoms in total. The van der Waals surface area contributed by atoms with Crippen LogP contribution < -0.4 is 0 Å². The van der Waals surface area contributed by atoms with Gasteiger partial charge < -0.3 is 25.2 Å². The van der Waals surface area contributed by atoms with Crippen LogP contribution >= 0.6 is 0 Å². The van der Waals surface area contributed by atoms with Crippen LogP contribution in [0.25, 0.3) is 0 Å². The number of carboxylic acid groups (broad SMARTS) is 4. The summed E-state index contributed by atoms with van der Waals surface area (Å²) in [6, 6.07) is 0. The maximum atomic E-state index is 10.6. The maximum absolute atomic E-state index is 10.6. The van der Waals surface area contributed by atoms with Crippen molar-refractivity contribution in [2.75, 3.05) is 0 Å². The Balaban J connectivity index is -0.000000131. The van der Waals surface area contributed by atoms with E-state index >= 15 is 0 Å². The van der Waals surface area contributed by atoms with E-state index in [0.717, 1.165) is 0 Å². The van der Waals surface area contributed by atoms with E-state index in [9.17, 15) is 49.1 Å². The van der Waals surface area contributed by atoms with Gasteiger partial charge in [0.25, 0.3) is 0 Å². The summed E-state index contributed by atoms with van der Waals surface area (Å²) in [4.78, 5) is 45.3. The molecule has 0 rings (SSSR count). The quantitative estimate of drug-likeness (QED) is 0.289. The molecule has 0 aliphatic heterocycles. The minimum atomic E-state index is -5.08. The zero-order chi connectivity index (χ0) is 23.2. The fraction of sp³-hybridized carbons (Fsp3) is 0.444. The third kappa shape index (κ3) is 31.2. The monoisotopic (exact) mass is 430 g/mol. The summed E-state index contributed by atoms with van der Waals surface area (Å²) in [5.74, 6) is -9.35. The first-order valence-electron chi connectivity index (χ1n) is 5.16. The second kappa shape index (κ2) is 13.2. The molecule has 0 spiro atoms. The van der Waals surface area contributed by atoms with Crippen molar-refractivity contribution in [2.45, 2.75) is 24.9 Å². The van der Waals surface area contributed by atoms with Gasteiger partial charge in [0.1, 0.15) is 12.7 Å². The lowest BCUT2D eigenvalue weighted by molar-refractivity contribution is -0.193. The molecule has 27 heavy (non-hydrogen) atoms. The third-order valence-corrected chi connectivity index (χ3v) is 0.985. The normalized spacial score (nSPS) is 10.4. The summed E-state index contributed by atoms with van der Waals surface area (Å²) >= 11 is 0. The van der Waals surface area contributed by atoms with Crippen LogP contribution in [0.2, 0.25) is 0 Å². The first-order chi connectivity index (χ1) is 11.6. The number of hydrogen-bond donors (Lipinski definition) is 4. The predicted octanol–water partition coefficient (Wildman–Crippen LogP) is 1.56. The maximum Gasteiger partial charge on any atom is 0.490 e. The average molecular weight is 430 g/mol. The Morgan fingerprint density at radius 3 is 0.741 bits per heavy atom.